The van der Waals surface area contributed by atoms with Crippen LogP contribution in [0.1, 0.15) is 11.1 Å². The molecule has 0 aliphatic heterocycles. The number of hydrogen-bond acceptors (Lipinski definition) is 1. The highest BCUT2D eigenvalue weighted by Gasteiger charge is 2.00. The first-order valence-corrected chi connectivity index (χ1v) is 5.02. The zero-order chi connectivity index (χ0) is 11.1. The van der Waals surface area contributed by atoms with E-state index < -0.39 is 0 Å². The van der Waals surface area contributed by atoms with Crippen molar-refractivity contribution in [2.24, 2.45) is 0 Å². The summed E-state index contributed by atoms with van der Waals surface area (Å²) in [5.41, 5.74) is 3.62. The molecule has 0 atom stereocenters. The largest absolute Gasteiger partial charge is 0.388 e. The van der Waals surface area contributed by atoms with Crippen molar-refractivity contribution in [2.75, 3.05) is 7.05 Å². The topological polar surface area (TPSA) is 12.0 Å². The van der Waals surface area contributed by atoms with Gasteiger partial charge < -0.3 is 5.32 Å². The van der Waals surface area contributed by atoms with Gasteiger partial charge in [0.15, 0.2) is 0 Å². The summed E-state index contributed by atoms with van der Waals surface area (Å²) in [6.45, 7) is 5.75. The van der Waals surface area contributed by atoms with Gasteiger partial charge in [0.25, 0.3) is 0 Å². The summed E-state index contributed by atoms with van der Waals surface area (Å²) >= 11 is 0. The van der Waals surface area contributed by atoms with Crippen LogP contribution in [-0.2, 0) is 0 Å². The molecule has 0 heterocycles. The lowest BCUT2D eigenvalue weighted by molar-refractivity contribution is 1.12. The predicted molar refractivity (Wildman–Crippen MR) is 67.6 cm³/mol. The molecule has 0 saturated heterocycles. The second-order valence-electron chi connectivity index (χ2n) is 3.27. The van der Waals surface area contributed by atoms with Crippen molar-refractivity contribution >= 4 is 5.70 Å². The number of nitrogens with one attached hydrogen (secondary N) is 1. The van der Waals surface area contributed by atoms with E-state index in [1.165, 1.54) is 11.1 Å². The van der Waals surface area contributed by atoms with Crippen LogP contribution < -0.4 is 5.32 Å². The molecule has 0 bridgehead atoms. The van der Waals surface area contributed by atoms with Crippen LogP contribution in [0, 0.1) is 6.92 Å². The van der Waals surface area contributed by atoms with Crippen molar-refractivity contribution in [3.05, 3.63) is 66.3 Å². The van der Waals surface area contributed by atoms with E-state index in [0.717, 1.165) is 5.70 Å². The third-order valence-electron chi connectivity index (χ3n) is 2.21. The van der Waals surface area contributed by atoms with Crippen molar-refractivity contribution < 1.29 is 0 Å². The Hall–Kier alpha value is -1.76. The highest BCUT2D eigenvalue weighted by Crippen LogP contribution is 2.15. The first-order valence-electron chi connectivity index (χ1n) is 5.02. The van der Waals surface area contributed by atoms with Crippen LogP contribution in [0.25, 0.3) is 5.70 Å². The van der Waals surface area contributed by atoms with Crippen LogP contribution >= 0.6 is 0 Å². The van der Waals surface area contributed by atoms with Crippen molar-refractivity contribution in [3.8, 4) is 0 Å². The first kappa shape index (κ1) is 11.3. The molecule has 0 amide bonds. The van der Waals surface area contributed by atoms with Crippen LogP contribution in [0.3, 0.4) is 0 Å². The Balaban J connectivity index is 3.02. The number of benzene rings is 1. The first-order chi connectivity index (χ1) is 7.29. The molecule has 0 spiro atoms. The zero-order valence-corrected chi connectivity index (χ0v) is 9.33. The lowest BCUT2D eigenvalue weighted by Gasteiger charge is -2.09. The van der Waals surface area contributed by atoms with Crippen LogP contribution in [-0.4, -0.2) is 7.05 Å². The summed E-state index contributed by atoms with van der Waals surface area (Å²) in [7, 11) is 1.93. The minimum absolute atomic E-state index is 1.12. The molecule has 1 heteroatoms. The van der Waals surface area contributed by atoms with Crippen LogP contribution in [0.4, 0.5) is 0 Å². The highest BCUT2D eigenvalue weighted by atomic mass is 14.8. The van der Waals surface area contributed by atoms with Gasteiger partial charge in [-0.05, 0) is 18.6 Å². The smallest absolute Gasteiger partial charge is 0.0413 e. The zero-order valence-electron chi connectivity index (χ0n) is 9.33. The van der Waals surface area contributed by atoms with Gasteiger partial charge in [0.05, 0.1) is 0 Å². The highest BCUT2D eigenvalue weighted by molar-refractivity contribution is 5.67. The minimum Gasteiger partial charge on any atom is -0.388 e. The molecule has 1 N–H and O–H groups in total. The summed E-state index contributed by atoms with van der Waals surface area (Å²) in [6, 6.07) is 8.31. The Morgan fingerprint density at radius 2 is 2.00 bits per heavy atom. The van der Waals surface area contributed by atoms with E-state index in [-0.39, 0.29) is 0 Å². The van der Waals surface area contributed by atoms with Gasteiger partial charge in [-0.2, -0.15) is 0 Å². The summed E-state index contributed by atoms with van der Waals surface area (Å²) in [6.07, 6.45) is 7.70. The predicted octanol–water partition coefficient (Wildman–Crippen LogP) is 3.30. The molecule has 1 aromatic rings. The van der Waals surface area contributed by atoms with Gasteiger partial charge in [0.1, 0.15) is 0 Å². The van der Waals surface area contributed by atoms with Gasteiger partial charge in [-0.15, -0.1) is 0 Å². The molecule has 0 aliphatic rings. The van der Waals surface area contributed by atoms with E-state index in [1.54, 1.807) is 6.08 Å². The number of hydrogen-bond donors (Lipinski definition) is 1. The average molecular weight is 199 g/mol. The molecule has 0 radical (unpaired) electrons. The summed E-state index contributed by atoms with van der Waals surface area (Å²) < 4.78 is 0. The fraction of sp³-hybridized carbons (Fsp3) is 0.143. The van der Waals surface area contributed by atoms with Crippen LogP contribution in [0.5, 0.6) is 0 Å². The fourth-order valence-electron chi connectivity index (χ4n) is 1.41. The molecule has 0 fully saturated rings. The van der Waals surface area contributed by atoms with Crippen molar-refractivity contribution in [1.29, 1.82) is 0 Å². The Bertz CT molecular complexity index is 386. The molecule has 78 valence electrons. The lowest BCUT2D eigenvalue weighted by Crippen LogP contribution is -2.05. The molecule has 0 aromatic heterocycles. The monoisotopic (exact) mass is 199 g/mol. The third-order valence-corrected chi connectivity index (χ3v) is 2.21. The number of aryl methyl sites for hydroxylation is 1. The van der Waals surface area contributed by atoms with Crippen LogP contribution in [0.2, 0.25) is 0 Å². The second-order valence-corrected chi connectivity index (χ2v) is 3.27. The van der Waals surface area contributed by atoms with E-state index in [9.17, 15) is 0 Å². The fourth-order valence-corrected chi connectivity index (χ4v) is 1.41. The van der Waals surface area contributed by atoms with Gasteiger partial charge in [-0.25, -0.2) is 0 Å². The van der Waals surface area contributed by atoms with E-state index in [0.29, 0.717) is 0 Å². The van der Waals surface area contributed by atoms with Gasteiger partial charge in [0.2, 0.25) is 0 Å². The molecule has 0 saturated carbocycles. The Morgan fingerprint density at radius 3 is 2.60 bits per heavy atom. The van der Waals surface area contributed by atoms with Gasteiger partial charge in [-0.3, -0.25) is 0 Å². The van der Waals surface area contributed by atoms with E-state index in [2.05, 4.69) is 31.0 Å². The Morgan fingerprint density at radius 1 is 1.27 bits per heavy atom. The van der Waals surface area contributed by atoms with Gasteiger partial charge in [-0.1, -0.05) is 49.1 Å². The molecular formula is C14H17N. The molecule has 1 aromatic carbocycles. The van der Waals surface area contributed by atoms with Crippen molar-refractivity contribution in [3.63, 3.8) is 0 Å². The number of rotatable bonds is 4. The van der Waals surface area contributed by atoms with E-state index in [1.807, 2.05) is 37.4 Å². The van der Waals surface area contributed by atoms with Crippen molar-refractivity contribution in [2.45, 2.75) is 6.92 Å². The molecular weight excluding hydrogens is 182 g/mol. The standard InChI is InChI=1S/C14H17N/c1-4-5-6-11-14(15-3)13-10-8-7-9-12(13)2/h4-11,15H,1H2,2-3H3/b6-5-,14-11-. The van der Waals surface area contributed by atoms with E-state index in [4.69, 9.17) is 0 Å². The van der Waals surface area contributed by atoms with Crippen LogP contribution in [0.15, 0.2) is 55.1 Å². The molecule has 0 unspecified atom stereocenters. The van der Waals surface area contributed by atoms with Gasteiger partial charge >= 0.3 is 0 Å². The Labute approximate surface area is 91.8 Å². The normalized spacial score (nSPS) is 11.7. The molecule has 15 heavy (non-hydrogen) atoms. The maximum Gasteiger partial charge on any atom is 0.0413 e. The summed E-state index contributed by atoms with van der Waals surface area (Å²) in [5.74, 6) is 0. The summed E-state index contributed by atoms with van der Waals surface area (Å²) in [4.78, 5) is 0. The molecule has 1 nitrogen and oxygen atoms in total. The molecule has 1 rings (SSSR count). The summed E-state index contributed by atoms with van der Waals surface area (Å²) in [5, 5.41) is 3.19. The second kappa shape index (κ2) is 5.86. The average Bonchev–Trinajstić information content (AvgIpc) is 2.26. The number of allylic oxidation sites excluding steroid dienone is 4. The van der Waals surface area contributed by atoms with Gasteiger partial charge in [0, 0.05) is 18.3 Å². The van der Waals surface area contributed by atoms with Crippen molar-refractivity contribution in [1.82, 2.24) is 5.32 Å². The lowest BCUT2D eigenvalue weighted by atomic mass is 10.1. The Kier molecular flexibility index (Phi) is 4.42. The maximum absolute atomic E-state index is 3.64. The maximum atomic E-state index is 3.64. The SMILES string of the molecule is C=C/C=C\C=C(/NC)c1ccccc1C. The van der Waals surface area contributed by atoms with E-state index >= 15 is 0 Å². The third kappa shape index (κ3) is 3.13. The molecule has 0 aliphatic carbocycles. The minimum atomic E-state index is 1.12. The quantitative estimate of drug-likeness (QED) is 0.734.